The minimum atomic E-state index is -1.25. The van der Waals surface area contributed by atoms with Gasteiger partial charge in [0.1, 0.15) is 12.6 Å². The van der Waals surface area contributed by atoms with Crippen molar-refractivity contribution >= 4 is 81.4 Å². The Labute approximate surface area is 190 Å². The first-order valence-corrected chi connectivity index (χ1v) is 10.1. The lowest BCUT2D eigenvalue weighted by molar-refractivity contribution is -0.124. The van der Waals surface area contributed by atoms with Crippen LogP contribution in [0.15, 0.2) is 24.3 Å². The fourth-order valence-corrected chi connectivity index (χ4v) is 4.50. The van der Waals surface area contributed by atoms with Crippen LogP contribution in [0.3, 0.4) is 0 Å². The highest BCUT2D eigenvalue weighted by molar-refractivity contribution is 6.55. The lowest BCUT2D eigenvalue weighted by Gasteiger charge is -2.33. The Balaban J connectivity index is 1.74. The predicted octanol–water partition coefficient (Wildman–Crippen LogP) is 4.27. The largest absolute Gasteiger partial charge is 0.323 e. The average Bonchev–Trinajstić information content (AvgIpc) is 2.99. The average molecular weight is 487 g/mol. The first-order chi connectivity index (χ1) is 14.1. The Morgan fingerprint density at radius 3 is 2.03 bits per heavy atom. The topological polar surface area (TPSA) is 86.8 Å². The third kappa shape index (κ3) is 2.96. The number of imide groups is 1. The van der Waals surface area contributed by atoms with Crippen LogP contribution >= 0.6 is 46.4 Å². The standard InChI is InChI=1S/C19H11Cl4N3O4/c1-7(17(28)25-6-10(27)24-8-4-2-3-5-9(8)25)26-18(29)11-12(19(26)30)14(21)16(23)15(22)13(11)20/h2-5,7H,6H2,1H3,(H,24,27). The second-order valence-corrected chi connectivity index (χ2v) is 8.16. The number of fused-ring (bicyclic) bond motifs is 2. The molecular weight excluding hydrogens is 476 g/mol. The molecule has 154 valence electrons. The summed E-state index contributed by atoms with van der Waals surface area (Å²) in [5, 5.41) is 1.91. The molecule has 4 rings (SSSR count). The quantitative estimate of drug-likeness (QED) is 0.390. The van der Waals surface area contributed by atoms with Crippen LogP contribution in [0.2, 0.25) is 20.1 Å². The van der Waals surface area contributed by atoms with E-state index in [-0.39, 0.29) is 37.8 Å². The molecule has 7 nitrogen and oxygen atoms in total. The van der Waals surface area contributed by atoms with Crippen molar-refractivity contribution in [3.05, 3.63) is 55.5 Å². The lowest BCUT2D eigenvalue weighted by atomic mass is 10.1. The van der Waals surface area contributed by atoms with E-state index in [0.717, 1.165) is 4.90 Å². The summed E-state index contributed by atoms with van der Waals surface area (Å²) in [7, 11) is 0. The highest BCUT2D eigenvalue weighted by Gasteiger charge is 2.46. The van der Waals surface area contributed by atoms with Crippen molar-refractivity contribution in [2.45, 2.75) is 13.0 Å². The first-order valence-electron chi connectivity index (χ1n) is 8.59. The van der Waals surface area contributed by atoms with E-state index in [4.69, 9.17) is 46.4 Å². The van der Waals surface area contributed by atoms with Gasteiger partial charge >= 0.3 is 0 Å². The summed E-state index contributed by atoms with van der Waals surface area (Å²) in [4.78, 5) is 53.2. The third-order valence-corrected chi connectivity index (χ3v) is 6.72. The van der Waals surface area contributed by atoms with Crippen molar-refractivity contribution < 1.29 is 19.2 Å². The zero-order valence-electron chi connectivity index (χ0n) is 15.1. The summed E-state index contributed by atoms with van der Waals surface area (Å²) in [6, 6.07) is 5.45. The van der Waals surface area contributed by atoms with Crippen molar-refractivity contribution in [2.24, 2.45) is 0 Å². The summed E-state index contributed by atoms with van der Waals surface area (Å²) in [6.07, 6.45) is 0. The van der Waals surface area contributed by atoms with Crippen LogP contribution in [0.1, 0.15) is 27.6 Å². The molecule has 1 unspecified atom stereocenters. The number of amides is 4. The van der Waals surface area contributed by atoms with Gasteiger partial charge in [-0.15, -0.1) is 0 Å². The molecule has 2 aliphatic heterocycles. The van der Waals surface area contributed by atoms with E-state index in [1.54, 1.807) is 24.3 Å². The Hall–Kier alpha value is -2.32. The smallest absolute Gasteiger partial charge is 0.263 e. The maximum absolute atomic E-state index is 13.2. The minimum absolute atomic E-state index is 0.161. The maximum Gasteiger partial charge on any atom is 0.263 e. The molecular formula is C19H11Cl4N3O4. The number of rotatable bonds is 2. The van der Waals surface area contributed by atoms with Gasteiger partial charge in [0.15, 0.2) is 0 Å². The minimum Gasteiger partial charge on any atom is -0.323 e. The molecule has 30 heavy (non-hydrogen) atoms. The van der Waals surface area contributed by atoms with Gasteiger partial charge in [0.2, 0.25) is 5.91 Å². The highest BCUT2D eigenvalue weighted by Crippen LogP contribution is 2.45. The van der Waals surface area contributed by atoms with Crippen LogP contribution in [0.4, 0.5) is 11.4 Å². The number of anilines is 2. The number of nitrogens with zero attached hydrogens (tertiary/aromatic N) is 2. The van der Waals surface area contributed by atoms with Crippen molar-refractivity contribution in [3.63, 3.8) is 0 Å². The van der Waals surface area contributed by atoms with Crippen molar-refractivity contribution in [1.29, 1.82) is 0 Å². The van der Waals surface area contributed by atoms with Gasteiger partial charge in [-0.05, 0) is 19.1 Å². The Morgan fingerprint density at radius 2 is 1.47 bits per heavy atom. The molecule has 0 radical (unpaired) electrons. The number of hydrogen-bond donors (Lipinski definition) is 1. The molecule has 0 spiro atoms. The fraction of sp³-hybridized carbons (Fsp3) is 0.158. The van der Waals surface area contributed by atoms with Gasteiger partial charge in [-0.3, -0.25) is 29.0 Å². The third-order valence-electron chi connectivity index (χ3n) is 4.91. The van der Waals surface area contributed by atoms with Gasteiger partial charge < -0.3 is 5.32 Å². The van der Waals surface area contributed by atoms with Gasteiger partial charge in [-0.2, -0.15) is 0 Å². The van der Waals surface area contributed by atoms with Crippen LogP contribution in [0.5, 0.6) is 0 Å². The number of hydrogen-bond acceptors (Lipinski definition) is 4. The Bertz CT molecular complexity index is 1120. The SMILES string of the molecule is CC(C(=O)N1CC(=O)Nc2ccccc21)N1C(=O)c2c(Cl)c(Cl)c(Cl)c(Cl)c2C1=O. The van der Waals surface area contributed by atoms with Crippen LogP contribution < -0.4 is 10.2 Å². The molecule has 2 aromatic rings. The number of benzene rings is 2. The number of halogens is 4. The molecule has 0 bridgehead atoms. The molecule has 0 aromatic heterocycles. The first kappa shape index (κ1) is 20.9. The molecule has 2 heterocycles. The monoisotopic (exact) mass is 485 g/mol. The van der Waals surface area contributed by atoms with Crippen LogP contribution in [-0.4, -0.2) is 41.1 Å². The molecule has 1 N–H and O–H groups in total. The summed E-state index contributed by atoms with van der Waals surface area (Å²) in [5.74, 6) is -2.68. The summed E-state index contributed by atoms with van der Waals surface area (Å²) >= 11 is 24.3. The second-order valence-electron chi connectivity index (χ2n) is 6.65. The molecule has 2 aliphatic rings. The van der Waals surface area contributed by atoms with E-state index < -0.39 is 29.7 Å². The Kier molecular flexibility index (Phi) is 5.18. The summed E-state index contributed by atoms with van der Waals surface area (Å²) < 4.78 is 0. The Morgan fingerprint density at radius 1 is 0.933 bits per heavy atom. The highest BCUT2D eigenvalue weighted by atomic mass is 35.5. The lowest BCUT2D eigenvalue weighted by Crippen LogP contribution is -2.52. The van der Waals surface area contributed by atoms with Gasteiger partial charge in [-0.25, -0.2) is 0 Å². The van der Waals surface area contributed by atoms with E-state index in [1.165, 1.54) is 11.8 Å². The number of para-hydroxylation sites is 2. The molecule has 0 saturated heterocycles. The molecule has 11 heteroatoms. The van der Waals surface area contributed by atoms with Gasteiger partial charge in [0, 0.05) is 0 Å². The second kappa shape index (κ2) is 7.42. The van der Waals surface area contributed by atoms with E-state index in [1.807, 2.05) is 0 Å². The molecule has 0 saturated carbocycles. The van der Waals surface area contributed by atoms with Crippen LogP contribution in [-0.2, 0) is 9.59 Å². The number of nitrogens with one attached hydrogen (secondary N) is 1. The van der Waals surface area contributed by atoms with Crippen LogP contribution in [0.25, 0.3) is 0 Å². The molecule has 4 amide bonds. The number of carbonyl (C=O) groups excluding carboxylic acids is 4. The molecule has 0 fully saturated rings. The van der Waals surface area contributed by atoms with Crippen molar-refractivity contribution in [1.82, 2.24) is 4.90 Å². The van der Waals surface area contributed by atoms with Gasteiger partial charge in [0.25, 0.3) is 17.7 Å². The molecule has 1 atom stereocenters. The van der Waals surface area contributed by atoms with Gasteiger partial charge in [-0.1, -0.05) is 58.5 Å². The van der Waals surface area contributed by atoms with Crippen molar-refractivity contribution in [2.75, 3.05) is 16.8 Å². The van der Waals surface area contributed by atoms with E-state index in [9.17, 15) is 19.2 Å². The molecule has 2 aromatic carbocycles. The zero-order valence-corrected chi connectivity index (χ0v) is 18.2. The summed E-state index contributed by atoms with van der Waals surface area (Å²) in [6.45, 7) is 1.12. The van der Waals surface area contributed by atoms with Gasteiger partial charge in [0.05, 0.1) is 42.6 Å². The number of carbonyl (C=O) groups is 4. The predicted molar refractivity (Wildman–Crippen MR) is 114 cm³/mol. The zero-order chi connectivity index (χ0) is 21.9. The summed E-state index contributed by atoms with van der Waals surface area (Å²) in [5.41, 5.74) is 0.476. The normalized spacial score (nSPS) is 16.4. The van der Waals surface area contributed by atoms with Crippen molar-refractivity contribution in [3.8, 4) is 0 Å². The fourth-order valence-electron chi connectivity index (χ4n) is 3.48. The van der Waals surface area contributed by atoms with Crippen LogP contribution in [0, 0.1) is 0 Å². The van der Waals surface area contributed by atoms with E-state index >= 15 is 0 Å². The molecule has 0 aliphatic carbocycles. The van der Waals surface area contributed by atoms with E-state index in [2.05, 4.69) is 5.32 Å². The van der Waals surface area contributed by atoms with E-state index in [0.29, 0.717) is 11.4 Å². The maximum atomic E-state index is 13.2.